The highest BCUT2D eigenvalue weighted by Gasteiger charge is 2.40. The molecule has 1 aliphatic heterocycles. The Morgan fingerprint density at radius 3 is 2.61 bits per heavy atom. The molecule has 0 spiro atoms. The number of carbonyl (C=O) groups is 1. The summed E-state index contributed by atoms with van der Waals surface area (Å²) in [6.45, 7) is 6.37. The molecule has 1 unspecified atom stereocenters. The monoisotopic (exact) mass is 340 g/mol. The number of carbonyl (C=O) groups excluding carboxylic acids is 1. The Kier molecular flexibility index (Phi) is 4.98. The Balaban J connectivity index is 2.11. The van der Waals surface area contributed by atoms with Gasteiger partial charge in [0.2, 0.25) is 5.91 Å². The van der Waals surface area contributed by atoms with Crippen molar-refractivity contribution < 1.29 is 13.2 Å². The van der Waals surface area contributed by atoms with E-state index < -0.39 is 9.84 Å². The van der Waals surface area contributed by atoms with Crippen LogP contribution >= 0.6 is 0 Å². The summed E-state index contributed by atoms with van der Waals surface area (Å²) >= 11 is 0. The highest BCUT2D eigenvalue weighted by molar-refractivity contribution is 7.91. The first-order chi connectivity index (χ1) is 10.6. The SMILES string of the molecule is CC(C)(C)C1CS(=O)(=O)CCN1C(=O)CCn1ccccc1=O. The number of hydrogen-bond acceptors (Lipinski definition) is 4. The molecule has 0 N–H and O–H groups in total. The van der Waals surface area contributed by atoms with E-state index in [1.807, 2.05) is 20.8 Å². The summed E-state index contributed by atoms with van der Waals surface area (Å²) in [7, 11) is -3.10. The molecule has 0 saturated carbocycles. The van der Waals surface area contributed by atoms with Crippen LogP contribution in [0.1, 0.15) is 27.2 Å². The van der Waals surface area contributed by atoms with E-state index in [0.717, 1.165) is 0 Å². The summed E-state index contributed by atoms with van der Waals surface area (Å²) in [4.78, 5) is 25.9. The molecule has 0 radical (unpaired) electrons. The van der Waals surface area contributed by atoms with Gasteiger partial charge in [-0.3, -0.25) is 9.59 Å². The molecule has 128 valence electrons. The van der Waals surface area contributed by atoms with Crippen LogP contribution < -0.4 is 5.56 Å². The number of pyridine rings is 1. The molecule has 1 saturated heterocycles. The number of aromatic nitrogens is 1. The first kappa shape index (κ1) is 17.7. The lowest BCUT2D eigenvalue weighted by Crippen LogP contribution is -2.56. The third kappa shape index (κ3) is 4.43. The summed E-state index contributed by atoms with van der Waals surface area (Å²) in [6, 6.07) is 4.53. The van der Waals surface area contributed by atoms with Crippen molar-refractivity contribution in [1.29, 1.82) is 0 Å². The van der Waals surface area contributed by atoms with Gasteiger partial charge < -0.3 is 9.47 Å². The number of hydrogen-bond donors (Lipinski definition) is 0. The van der Waals surface area contributed by atoms with Crippen molar-refractivity contribution in [2.75, 3.05) is 18.1 Å². The predicted octanol–water partition coefficient (Wildman–Crippen LogP) is 0.910. The standard InChI is InChI=1S/C16H24N2O4S/c1-16(2,3)13-12-23(21,22)11-10-18(13)15(20)7-9-17-8-5-4-6-14(17)19/h4-6,8,13H,7,9-12H2,1-3H3. The summed E-state index contributed by atoms with van der Waals surface area (Å²) in [5.41, 5.74) is -0.457. The first-order valence-electron chi connectivity index (χ1n) is 7.75. The maximum absolute atomic E-state index is 12.6. The zero-order chi connectivity index (χ0) is 17.3. The number of amides is 1. The average Bonchev–Trinajstić information content (AvgIpc) is 2.44. The molecule has 1 aromatic heterocycles. The van der Waals surface area contributed by atoms with E-state index in [-0.39, 0.29) is 47.4 Å². The minimum absolute atomic E-state index is 0.00747. The van der Waals surface area contributed by atoms with E-state index >= 15 is 0 Å². The van der Waals surface area contributed by atoms with Crippen LogP contribution in [0.15, 0.2) is 29.2 Å². The fourth-order valence-corrected chi connectivity index (χ4v) is 4.63. The highest BCUT2D eigenvalue weighted by Crippen LogP contribution is 2.29. The molecule has 0 aliphatic carbocycles. The van der Waals surface area contributed by atoms with Crippen LogP contribution in [0.2, 0.25) is 0 Å². The quantitative estimate of drug-likeness (QED) is 0.819. The van der Waals surface area contributed by atoms with Gasteiger partial charge in [0.05, 0.1) is 17.5 Å². The number of rotatable bonds is 3. The minimum atomic E-state index is -3.10. The average molecular weight is 340 g/mol. The van der Waals surface area contributed by atoms with Crippen LogP contribution in [0.4, 0.5) is 0 Å². The van der Waals surface area contributed by atoms with E-state index in [4.69, 9.17) is 0 Å². The highest BCUT2D eigenvalue weighted by atomic mass is 32.2. The van der Waals surface area contributed by atoms with Gasteiger partial charge in [0.25, 0.3) is 5.56 Å². The van der Waals surface area contributed by atoms with Gasteiger partial charge in [-0.1, -0.05) is 26.8 Å². The fraction of sp³-hybridized carbons (Fsp3) is 0.625. The summed E-state index contributed by atoms with van der Waals surface area (Å²) < 4.78 is 25.3. The molecule has 7 heteroatoms. The lowest BCUT2D eigenvalue weighted by atomic mass is 9.86. The van der Waals surface area contributed by atoms with Crippen LogP contribution in [-0.2, 0) is 21.2 Å². The Bertz CT molecular complexity index is 731. The summed E-state index contributed by atoms with van der Waals surface area (Å²) in [5, 5.41) is 0. The molecule has 2 heterocycles. The zero-order valence-electron chi connectivity index (χ0n) is 13.9. The van der Waals surface area contributed by atoms with Gasteiger partial charge in [0.1, 0.15) is 0 Å². The van der Waals surface area contributed by atoms with Crippen molar-refractivity contribution in [1.82, 2.24) is 9.47 Å². The van der Waals surface area contributed by atoms with Gasteiger partial charge in [0.15, 0.2) is 9.84 Å². The first-order valence-corrected chi connectivity index (χ1v) is 9.58. The third-order valence-corrected chi connectivity index (χ3v) is 5.84. The van der Waals surface area contributed by atoms with Gasteiger partial charge in [-0.15, -0.1) is 0 Å². The van der Waals surface area contributed by atoms with Gasteiger partial charge in [-0.2, -0.15) is 0 Å². The lowest BCUT2D eigenvalue weighted by Gasteiger charge is -2.43. The normalized spacial score (nSPS) is 21.2. The van der Waals surface area contributed by atoms with Crippen LogP contribution in [-0.4, -0.2) is 47.9 Å². The van der Waals surface area contributed by atoms with Crippen molar-refractivity contribution in [3.05, 3.63) is 34.7 Å². The van der Waals surface area contributed by atoms with Crippen molar-refractivity contribution in [3.8, 4) is 0 Å². The van der Waals surface area contributed by atoms with Crippen LogP contribution in [0.3, 0.4) is 0 Å². The van der Waals surface area contributed by atoms with E-state index in [0.29, 0.717) is 6.54 Å². The van der Waals surface area contributed by atoms with E-state index in [2.05, 4.69) is 0 Å². The van der Waals surface area contributed by atoms with E-state index in [1.54, 1.807) is 23.2 Å². The predicted molar refractivity (Wildman–Crippen MR) is 88.9 cm³/mol. The van der Waals surface area contributed by atoms with Crippen LogP contribution in [0.25, 0.3) is 0 Å². The topological polar surface area (TPSA) is 76.5 Å². The molecule has 23 heavy (non-hydrogen) atoms. The minimum Gasteiger partial charge on any atom is -0.337 e. The third-order valence-electron chi connectivity index (χ3n) is 4.22. The van der Waals surface area contributed by atoms with Gasteiger partial charge in [-0.05, 0) is 11.5 Å². The second-order valence-corrected chi connectivity index (χ2v) is 9.29. The molecule has 1 aliphatic rings. The summed E-state index contributed by atoms with van der Waals surface area (Å²) in [5.74, 6) is -0.0833. The van der Waals surface area contributed by atoms with Gasteiger partial charge in [0, 0.05) is 31.8 Å². The number of nitrogens with zero attached hydrogens (tertiary/aromatic N) is 2. The molecule has 1 aromatic rings. The Morgan fingerprint density at radius 1 is 1.30 bits per heavy atom. The molecule has 1 fully saturated rings. The number of sulfone groups is 1. The molecule has 1 atom stereocenters. The Hall–Kier alpha value is -1.63. The largest absolute Gasteiger partial charge is 0.337 e. The van der Waals surface area contributed by atoms with Crippen molar-refractivity contribution in [3.63, 3.8) is 0 Å². The van der Waals surface area contributed by atoms with Crippen molar-refractivity contribution >= 4 is 15.7 Å². The second-order valence-electron chi connectivity index (χ2n) is 7.07. The maximum Gasteiger partial charge on any atom is 0.250 e. The molecule has 0 aromatic carbocycles. The fourth-order valence-electron chi connectivity index (χ4n) is 2.83. The molecule has 6 nitrogen and oxygen atoms in total. The second kappa shape index (κ2) is 6.47. The van der Waals surface area contributed by atoms with Gasteiger partial charge >= 0.3 is 0 Å². The molecule has 1 amide bonds. The Labute approximate surface area is 137 Å². The number of aryl methyl sites for hydroxylation is 1. The zero-order valence-corrected chi connectivity index (χ0v) is 14.7. The van der Waals surface area contributed by atoms with Crippen LogP contribution in [0, 0.1) is 5.41 Å². The molecular formula is C16H24N2O4S. The summed E-state index contributed by atoms with van der Waals surface area (Å²) in [6.07, 6.45) is 1.84. The lowest BCUT2D eigenvalue weighted by molar-refractivity contribution is -0.135. The Morgan fingerprint density at radius 2 is 2.00 bits per heavy atom. The molecule has 2 rings (SSSR count). The molecule has 0 bridgehead atoms. The maximum atomic E-state index is 12.6. The van der Waals surface area contributed by atoms with Crippen molar-refractivity contribution in [2.24, 2.45) is 5.41 Å². The van der Waals surface area contributed by atoms with Gasteiger partial charge in [-0.25, -0.2) is 8.42 Å². The molecular weight excluding hydrogens is 316 g/mol. The smallest absolute Gasteiger partial charge is 0.250 e. The van der Waals surface area contributed by atoms with E-state index in [9.17, 15) is 18.0 Å². The van der Waals surface area contributed by atoms with E-state index in [1.165, 1.54) is 10.6 Å². The van der Waals surface area contributed by atoms with Crippen molar-refractivity contribution in [2.45, 2.75) is 39.8 Å². The van der Waals surface area contributed by atoms with Crippen LogP contribution in [0.5, 0.6) is 0 Å².